The number of hydrogen-bond acceptors (Lipinski definition) is 3. The van der Waals surface area contributed by atoms with Crippen LogP contribution in [-0.2, 0) is 10.0 Å². The molecule has 0 unspecified atom stereocenters. The Morgan fingerprint density at radius 1 is 1.19 bits per heavy atom. The normalized spacial score (nSPS) is 20.1. The van der Waals surface area contributed by atoms with Crippen molar-refractivity contribution in [1.82, 2.24) is 9.21 Å². The van der Waals surface area contributed by atoms with Crippen LogP contribution in [0.2, 0.25) is 0 Å². The van der Waals surface area contributed by atoms with E-state index in [1.807, 2.05) is 6.92 Å². The molecule has 1 heterocycles. The highest BCUT2D eigenvalue weighted by atomic mass is 35.5. The summed E-state index contributed by atoms with van der Waals surface area (Å²) in [4.78, 5) is 2.21. The Bertz CT molecular complexity index is 287. The van der Waals surface area contributed by atoms with E-state index in [0.717, 1.165) is 32.5 Å². The zero-order valence-corrected chi connectivity index (χ0v) is 11.4. The summed E-state index contributed by atoms with van der Waals surface area (Å²) < 4.78 is 25.4. The first kappa shape index (κ1) is 14.2. The molecule has 0 radical (unpaired) electrons. The van der Waals surface area contributed by atoms with Crippen molar-refractivity contribution in [2.45, 2.75) is 19.8 Å². The molecular weight excluding hydrogens is 248 g/mol. The van der Waals surface area contributed by atoms with Crippen molar-refractivity contribution in [1.29, 1.82) is 0 Å². The van der Waals surface area contributed by atoms with E-state index in [1.165, 1.54) is 0 Å². The van der Waals surface area contributed by atoms with Gasteiger partial charge in [0, 0.05) is 38.6 Å². The minimum absolute atomic E-state index is 0.291. The van der Waals surface area contributed by atoms with E-state index in [2.05, 4.69) is 4.90 Å². The first-order valence-corrected chi connectivity index (χ1v) is 8.00. The number of unbranched alkanes of at least 4 members (excludes halogenated alkanes) is 1. The largest absolute Gasteiger partial charge is 0.300 e. The van der Waals surface area contributed by atoms with Gasteiger partial charge in [-0.05, 0) is 6.42 Å². The first-order valence-electron chi connectivity index (χ1n) is 5.86. The van der Waals surface area contributed by atoms with Crippen molar-refractivity contribution in [2.24, 2.45) is 0 Å². The second-order valence-corrected chi connectivity index (χ2v) is 6.57. The molecule has 0 aromatic heterocycles. The Balaban J connectivity index is 2.40. The number of nitrogens with zero attached hydrogens (tertiary/aromatic N) is 2. The highest BCUT2D eigenvalue weighted by Crippen LogP contribution is 2.09. The summed E-state index contributed by atoms with van der Waals surface area (Å²) in [6.07, 6.45) is 1.68. The summed E-state index contributed by atoms with van der Waals surface area (Å²) in [7, 11) is -3.01. The number of rotatable bonds is 6. The fourth-order valence-corrected chi connectivity index (χ4v) is 3.68. The zero-order valence-electron chi connectivity index (χ0n) is 9.86. The van der Waals surface area contributed by atoms with Gasteiger partial charge in [0.25, 0.3) is 0 Å². The van der Waals surface area contributed by atoms with E-state index >= 15 is 0 Å². The van der Waals surface area contributed by atoms with Gasteiger partial charge in [0.2, 0.25) is 10.0 Å². The van der Waals surface area contributed by atoms with Crippen LogP contribution in [0.1, 0.15) is 19.8 Å². The van der Waals surface area contributed by atoms with Crippen molar-refractivity contribution < 1.29 is 8.42 Å². The molecule has 0 aromatic carbocycles. The molecule has 4 nitrogen and oxygen atoms in total. The van der Waals surface area contributed by atoms with Gasteiger partial charge in [0.05, 0.1) is 5.75 Å². The van der Waals surface area contributed by atoms with Gasteiger partial charge >= 0.3 is 0 Å². The van der Waals surface area contributed by atoms with Crippen LogP contribution in [0.5, 0.6) is 0 Å². The summed E-state index contributed by atoms with van der Waals surface area (Å²) in [5.41, 5.74) is 0. The van der Waals surface area contributed by atoms with Gasteiger partial charge in [0.1, 0.15) is 0 Å². The summed E-state index contributed by atoms with van der Waals surface area (Å²) in [6, 6.07) is 0. The third kappa shape index (κ3) is 4.20. The quantitative estimate of drug-likeness (QED) is 0.674. The number of alkyl halides is 1. The van der Waals surface area contributed by atoms with Gasteiger partial charge < -0.3 is 0 Å². The number of sulfonamides is 1. The molecular formula is C10H21ClN2O2S. The van der Waals surface area contributed by atoms with Gasteiger partial charge in [-0.2, -0.15) is 4.31 Å². The molecule has 0 aromatic rings. The minimum Gasteiger partial charge on any atom is -0.300 e. The third-order valence-electron chi connectivity index (χ3n) is 2.88. The topological polar surface area (TPSA) is 40.6 Å². The Morgan fingerprint density at radius 3 is 2.31 bits per heavy atom. The Hall–Kier alpha value is 0.160. The fraction of sp³-hybridized carbons (Fsp3) is 1.00. The average Bonchev–Trinajstić information content (AvgIpc) is 2.28. The van der Waals surface area contributed by atoms with Crippen molar-refractivity contribution >= 4 is 21.6 Å². The molecule has 1 fully saturated rings. The van der Waals surface area contributed by atoms with Crippen LogP contribution in [0.3, 0.4) is 0 Å². The zero-order chi connectivity index (χ0) is 12.0. The lowest BCUT2D eigenvalue weighted by Crippen LogP contribution is -2.49. The third-order valence-corrected chi connectivity index (χ3v) is 5.01. The molecule has 0 atom stereocenters. The summed E-state index contributed by atoms with van der Waals surface area (Å²) >= 11 is 5.66. The van der Waals surface area contributed by atoms with E-state index in [1.54, 1.807) is 4.31 Å². The van der Waals surface area contributed by atoms with Crippen LogP contribution in [0.25, 0.3) is 0 Å². The van der Waals surface area contributed by atoms with Crippen LogP contribution < -0.4 is 0 Å². The van der Waals surface area contributed by atoms with E-state index in [4.69, 9.17) is 11.6 Å². The molecule has 1 saturated heterocycles. The lowest BCUT2D eigenvalue weighted by atomic mass is 10.4. The maximum atomic E-state index is 11.9. The van der Waals surface area contributed by atoms with Crippen LogP contribution in [0.15, 0.2) is 0 Å². The molecule has 0 amide bonds. The Labute approximate surface area is 104 Å². The van der Waals surface area contributed by atoms with Gasteiger partial charge in [-0.15, -0.1) is 11.6 Å². The molecule has 0 bridgehead atoms. The number of hydrogen-bond donors (Lipinski definition) is 0. The van der Waals surface area contributed by atoms with Crippen molar-refractivity contribution in [3.05, 3.63) is 0 Å². The lowest BCUT2D eigenvalue weighted by Gasteiger charge is -2.33. The molecule has 0 saturated carbocycles. The first-order chi connectivity index (χ1) is 7.60. The predicted octanol–water partition coefficient (Wildman–Crippen LogP) is 0.973. The van der Waals surface area contributed by atoms with Crippen LogP contribution in [0.4, 0.5) is 0 Å². The molecule has 16 heavy (non-hydrogen) atoms. The standard InChI is InChI=1S/C10H21ClN2O2S/c1-2-3-10-16(14,15)13-8-6-12(5-4-11)7-9-13/h2-10H2,1H3. The van der Waals surface area contributed by atoms with E-state index in [-0.39, 0.29) is 0 Å². The molecule has 0 N–H and O–H groups in total. The summed E-state index contributed by atoms with van der Waals surface area (Å²) in [6.45, 7) is 5.69. The smallest absolute Gasteiger partial charge is 0.214 e. The predicted molar refractivity (Wildman–Crippen MR) is 67.4 cm³/mol. The lowest BCUT2D eigenvalue weighted by molar-refractivity contribution is 0.197. The highest BCUT2D eigenvalue weighted by Gasteiger charge is 2.25. The molecule has 96 valence electrons. The minimum atomic E-state index is -3.01. The Morgan fingerprint density at radius 2 is 1.81 bits per heavy atom. The number of halogens is 1. The van der Waals surface area contributed by atoms with Gasteiger partial charge in [-0.25, -0.2) is 8.42 Å². The fourth-order valence-electron chi connectivity index (χ4n) is 1.81. The second-order valence-electron chi connectivity index (χ2n) is 4.10. The molecule has 1 rings (SSSR count). The van der Waals surface area contributed by atoms with Gasteiger partial charge in [-0.3, -0.25) is 4.90 Å². The van der Waals surface area contributed by atoms with Crippen LogP contribution in [0, 0.1) is 0 Å². The highest BCUT2D eigenvalue weighted by molar-refractivity contribution is 7.89. The summed E-state index contributed by atoms with van der Waals surface area (Å²) in [5, 5.41) is 0. The maximum Gasteiger partial charge on any atom is 0.214 e. The average molecular weight is 269 g/mol. The SMILES string of the molecule is CCCCS(=O)(=O)N1CCN(CCCl)CC1. The van der Waals surface area contributed by atoms with Crippen molar-refractivity contribution in [2.75, 3.05) is 44.4 Å². The molecule has 0 aliphatic carbocycles. The monoisotopic (exact) mass is 268 g/mol. The molecule has 6 heteroatoms. The van der Waals surface area contributed by atoms with Crippen molar-refractivity contribution in [3.63, 3.8) is 0 Å². The van der Waals surface area contributed by atoms with E-state index in [0.29, 0.717) is 24.7 Å². The molecule has 1 aliphatic rings. The molecule has 1 aliphatic heterocycles. The second kappa shape index (κ2) is 6.79. The van der Waals surface area contributed by atoms with Crippen LogP contribution >= 0.6 is 11.6 Å². The van der Waals surface area contributed by atoms with E-state index in [9.17, 15) is 8.42 Å². The van der Waals surface area contributed by atoms with Gasteiger partial charge in [0.15, 0.2) is 0 Å². The molecule has 0 spiro atoms. The maximum absolute atomic E-state index is 11.9. The Kier molecular flexibility index (Phi) is 6.03. The summed E-state index contributed by atoms with van der Waals surface area (Å²) in [5.74, 6) is 0.904. The number of piperazine rings is 1. The van der Waals surface area contributed by atoms with Crippen molar-refractivity contribution in [3.8, 4) is 0 Å². The van der Waals surface area contributed by atoms with Crippen LogP contribution in [-0.4, -0.2) is 62.0 Å². The van der Waals surface area contributed by atoms with Gasteiger partial charge in [-0.1, -0.05) is 13.3 Å². The van der Waals surface area contributed by atoms with E-state index < -0.39 is 10.0 Å².